The van der Waals surface area contributed by atoms with Crippen LogP contribution in [0, 0.1) is 0 Å². The topological polar surface area (TPSA) is 37.3 Å². The van der Waals surface area contributed by atoms with Gasteiger partial charge in [-0.25, -0.2) is 4.39 Å². The van der Waals surface area contributed by atoms with Crippen LogP contribution in [0.25, 0.3) is 0 Å². The number of hydrogen-bond donors (Lipinski definition) is 1. The van der Waals surface area contributed by atoms with Crippen molar-refractivity contribution in [1.29, 1.82) is 0 Å². The van der Waals surface area contributed by atoms with Gasteiger partial charge in [0.1, 0.15) is 6.67 Å². The van der Waals surface area contributed by atoms with Crippen molar-refractivity contribution in [3.05, 3.63) is 33.8 Å². The SMILES string of the molecule is O=C(O)CCc1cc(Br)ccc1CF. The van der Waals surface area contributed by atoms with Gasteiger partial charge in [0.25, 0.3) is 0 Å². The molecular weight excluding hydrogens is 251 g/mol. The van der Waals surface area contributed by atoms with Crippen molar-refractivity contribution < 1.29 is 14.3 Å². The molecule has 0 aliphatic carbocycles. The van der Waals surface area contributed by atoms with Crippen LogP contribution >= 0.6 is 15.9 Å². The van der Waals surface area contributed by atoms with Crippen molar-refractivity contribution in [1.82, 2.24) is 0 Å². The molecule has 0 aliphatic rings. The zero-order valence-electron chi connectivity index (χ0n) is 7.46. The predicted octanol–water partition coefficient (Wildman–Crippen LogP) is 2.94. The van der Waals surface area contributed by atoms with Gasteiger partial charge in [-0.05, 0) is 29.7 Å². The molecule has 0 amide bonds. The lowest BCUT2D eigenvalue weighted by Gasteiger charge is -2.05. The van der Waals surface area contributed by atoms with Gasteiger partial charge in [0.2, 0.25) is 0 Å². The maximum absolute atomic E-state index is 12.5. The third kappa shape index (κ3) is 3.10. The average molecular weight is 261 g/mol. The summed E-state index contributed by atoms with van der Waals surface area (Å²) in [6, 6.07) is 5.18. The number of alkyl halides is 1. The number of rotatable bonds is 4. The van der Waals surface area contributed by atoms with Crippen LogP contribution in [0.1, 0.15) is 17.5 Å². The van der Waals surface area contributed by atoms with E-state index in [2.05, 4.69) is 15.9 Å². The molecule has 0 spiro atoms. The maximum Gasteiger partial charge on any atom is 0.303 e. The zero-order chi connectivity index (χ0) is 10.6. The van der Waals surface area contributed by atoms with Crippen LogP contribution in [0.4, 0.5) is 4.39 Å². The second-order valence-corrected chi connectivity index (χ2v) is 3.86. The third-order valence-corrected chi connectivity index (χ3v) is 2.41. The number of carbonyl (C=O) groups is 1. The van der Waals surface area contributed by atoms with Gasteiger partial charge in [-0.3, -0.25) is 4.79 Å². The quantitative estimate of drug-likeness (QED) is 0.904. The fourth-order valence-corrected chi connectivity index (χ4v) is 1.61. The standard InChI is InChI=1S/C10H10BrFO2/c11-9-3-1-8(6-12)7(5-9)2-4-10(13)14/h1,3,5H,2,4,6H2,(H,13,14). The third-order valence-electron chi connectivity index (χ3n) is 1.92. The minimum absolute atomic E-state index is 0.0312. The number of carboxylic acid groups (broad SMARTS) is 1. The normalized spacial score (nSPS) is 10.1. The number of aliphatic carboxylic acids is 1. The summed E-state index contributed by atoms with van der Waals surface area (Å²) in [7, 11) is 0. The Bertz CT molecular complexity index is 339. The van der Waals surface area contributed by atoms with Crippen LogP contribution in [0.2, 0.25) is 0 Å². The molecule has 2 nitrogen and oxygen atoms in total. The second kappa shape index (κ2) is 5.10. The highest BCUT2D eigenvalue weighted by Gasteiger charge is 2.05. The lowest BCUT2D eigenvalue weighted by Crippen LogP contribution is -2.00. The molecule has 1 aromatic rings. The summed E-state index contributed by atoms with van der Waals surface area (Å²) < 4.78 is 13.3. The first-order valence-corrected chi connectivity index (χ1v) is 4.98. The van der Waals surface area contributed by atoms with E-state index in [1.165, 1.54) is 0 Å². The molecule has 0 aliphatic heterocycles. The van der Waals surface area contributed by atoms with E-state index in [0.717, 1.165) is 10.0 Å². The highest BCUT2D eigenvalue weighted by atomic mass is 79.9. The summed E-state index contributed by atoms with van der Waals surface area (Å²) in [5.74, 6) is -0.866. The van der Waals surface area contributed by atoms with Crippen molar-refractivity contribution in [2.45, 2.75) is 19.5 Å². The Kier molecular flexibility index (Phi) is 4.07. The van der Waals surface area contributed by atoms with Crippen molar-refractivity contribution in [3.8, 4) is 0 Å². The minimum atomic E-state index is -0.866. The summed E-state index contributed by atoms with van der Waals surface area (Å²) in [4.78, 5) is 10.4. The molecule has 14 heavy (non-hydrogen) atoms. The lowest BCUT2D eigenvalue weighted by molar-refractivity contribution is -0.136. The van der Waals surface area contributed by atoms with Gasteiger partial charge in [-0.2, -0.15) is 0 Å². The van der Waals surface area contributed by atoms with Crippen molar-refractivity contribution in [2.24, 2.45) is 0 Å². The van der Waals surface area contributed by atoms with Crippen LogP contribution < -0.4 is 0 Å². The molecule has 1 aromatic carbocycles. The molecule has 0 fully saturated rings. The Morgan fingerprint density at radius 1 is 1.43 bits per heavy atom. The van der Waals surface area contributed by atoms with E-state index in [9.17, 15) is 9.18 Å². The van der Waals surface area contributed by atoms with Crippen LogP contribution in [0.5, 0.6) is 0 Å². The summed E-state index contributed by atoms with van der Waals surface area (Å²) in [6.45, 7) is -0.553. The van der Waals surface area contributed by atoms with Crippen LogP contribution in [0.15, 0.2) is 22.7 Å². The summed E-state index contributed by atoms with van der Waals surface area (Å²) in [5.41, 5.74) is 1.32. The largest absolute Gasteiger partial charge is 0.481 e. The van der Waals surface area contributed by atoms with E-state index in [-0.39, 0.29) is 6.42 Å². The molecule has 1 N–H and O–H groups in total. The number of aryl methyl sites for hydroxylation is 1. The molecule has 0 atom stereocenters. The van der Waals surface area contributed by atoms with Gasteiger partial charge in [-0.15, -0.1) is 0 Å². The van der Waals surface area contributed by atoms with Crippen LogP contribution in [-0.4, -0.2) is 11.1 Å². The highest BCUT2D eigenvalue weighted by Crippen LogP contribution is 2.19. The Balaban J connectivity index is 2.82. The molecule has 0 aromatic heterocycles. The number of hydrogen-bond acceptors (Lipinski definition) is 1. The van der Waals surface area contributed by atoms with E-state index >= 15 is 0 Å². The Labute approximate surface area is 89.9 Å². The first-order chi connectivity index (χ1) is 6.63. The maximum atomic E-state index is 12.5. The Morgan fingerprint density at radius 3 is 2.71 bits per heavy atom. The summed E-state index contributed by atoms with van der Waals surface area (Å²) >= 11 is 3.26. The highest BCUT2D eigenvalue weighted by molar-refractivity contribution is 9.10. The molecule has 0 saturated heterocycles. The fourth-order valence-electron chi connectivity index (χ4n) is 1.20. The van der Waals surface area contributed by atoms with E-state index in [1.54, 1.807) is 18.2 Å². The Morgan fingerprint density at radius 2 is 2.14 bits per heavy atom. The smallest absolute Gasteiger partial charge is 0.303 e. The Hall–Kier alpha value is -0.900. The van der Waals surface area contributed by atoms with Gasteiger partial charge < -0.3 is 5.11 Å². The number of benzene rings is 1. The van der Waals surface area contributed by atoms with Gasteiger partial charge >= 0.3 is 5.97 Å². The van der Waals surface area contributed by atoms with E-state index in [1.807, 2.05) is 0 Å². The molecule has 0 saturated carbocycles. The summed E-state index contributed by atoms with van der Waals surface area (Å²) in [6.07, 6.45) is 0.400. The van der Waals surface area contributed by atoms with E-state index in [0.29, 0.717) is 12.0 Å². The molecule has 76 valence electrons. The van der Waals surface area contributed by atoms with Crippen LogP contribution in [0.3, 0.4) is 0 Å². The fraction of sp³-hybridized carbons (Fsp3) is 0.300. The van der Waals surface area contributed by atoms with Gasteiger partial charge in [0, 0.05) is 10.9 Å². The van der Waals surface area contributed by atoms with Gasteiger partial charge in [0.05, 0.1) is 0 Å². The lowest BCUT2D eigenvalue weighted by atomic mass is 10.0. The first-order valence-electron chi connectivity index (χ1n) is 4.18. The van der Waals surface area contributed by atoms with Gasteiger partial charge in [0.15, 0.2) is 0 Å². The molecular formula is C10H10BrFO2. The van der Waals surface area contributed by atoms with Crippen molar-refractivity contribution in [3.63, 3.8) is 0 Å². The average Bonchev–Trinajstić information content (AvgIpc) is 2.15. The minimum Gasteiger partial charge on any atom is -0.481 e. The summed E-state index contributed by atoms with van der Waals surface area (Å²) in [5, 5.41) is 8.50. The van der Waals surface area contributed by atoms with Crippen molar-refractivity contribution in [2.75, 3.05) is 0 Å². The molecule has 0 unspecified atom stereocenters. The number of halogens is 2. The molecule has 0 heterocycles. The van der Waals surface area contributed by atoms with Crippen LogP contribution in [-0.2, 0) is 17.9 Å². The second-order valence-electron chi connectivity index (χ2n) is 2.94. The molecule has 1 rings (SSSR count). The monoisotopic (exact) mass is 260 g/mol. The van der Waals surface area contributed by atoms with E-state index in [4.69, 9.17) is 5.11 Å². The molecule has 0 radical (unpaired) electrons. The van der Waals surface area contributed by atoms with E-state index < -0.39 is 12.6 Å². The molecule has 0 bridgehead atoms. The van der Waals surface area contributed by atoms with Gasteiger partial charge in [-0.1, -0.05) is 22.0 Å². The number of carboxylic acids is 1. The van der Waals surface area contributed by atoms with Crippen molar-refractivity contribution >= 4 is 21.9 Å². The first kappa shape index (κ1) is 11.2. The predicted molar refractivity (Wildman–Crippen MR) is 54.9 cm³/mol. The molecule has 4 heteroatoms. The zero-order valence-corrected chi connectivity index (χ0v) is 9.05.